The van der Waals surface area contributed by atoms with Crippen LogP contribution in [0.3, 0.4) is 0 Å². The third-order valence-corrected chi connectivity index (χ3v) is 4.83. The topological polar surface area (TPSA) is 57.3 Å². The van der Waals surface area contributed by atoms with Crippen LogP contribution in [0, 0.1) is 6.92 Å². The zero-order chi connectivity index (χ0) is 19.1. The molecule has 8 heteroatoms. The van der Waals surface area contributed by atoms with Crippen LogP contribution in [0.2, 0.25) is 0 Å². The molecule has 5 nitrogen and oxygen atoms in total. The summed E-state index contributed by atoms with van der Waals surface area (Å²) in [6.45, 7) is 5.35. The van der Waals surface area contributed by atoms with E-state index in [0.29, 0.717) is 30.0 Å². The van der Waals surface area contributed by atoms with E-state index in [1.807, 2.05) is 19.9 Å². The number of fused-ring (bicyclic) bond motifs is 1. The average Bonchev–Trinajstić information content (AvgIpc) is 2.91. The minimum Gasteiger partial charge on any atom is -0.368 e. The molecule has 3 heterocycles. The fourth-order valence-corrected chi connectivity index (χ4v) is 3.30. The van der Waals surface area contributed by atoms with Crippen molar-refractivity contribution in [2.75, 3.05) is 13.1 Å². The summed E-state index contributed by atoms with van der Waals surface area (Å²) in [5, 5.41) is 5.37. The Bertz CT molecular complexity index is 798. The lowest BCUT2D eigenvalue weighted by atomic mass is 10.0. The van der Waals surface area contributed by atoms with E-state index in [-0.39, 0.29) is 11.9 Å². The molecule has 1 aromatic rings. The van der Waals surface area contributed by atoms with E-state index in [1.54, 1.807) is 24.1 Å². The second-order valence-corrected chi connectivity index (χ2v) is 6.63. The fourth-order valence-electron chi connectivity index (χ4n) is 3.30. The van der Waals surface area contributed by atoms with Gasteiger partial charge < -0.3 is 15.5 Å². The van der Waals surface area contributed by atoms with Gasteiger partial charge in [0.2, 0.25) is 0 Å². The number of allylic oxidation sites excluding steroid dienone is 2. The van der Waals surface area contributed by atoms with Gasteiger partial charge in [0.25, 0.3) is 5.91 Å². The molecule has 3 rings (SSSR count). The maximum atomic E-state index is 12.7. The third kappa shape index (κ3) is 3.54. The number of carbonyl (C=O) groups is 1. The van der Waals surface area contributed by atoms with Crippen LogP contribution in [0.25, 0.3) is 0 Å². The molecule has 0 spiro atoms. The SMILES string of the molecule is CC1=C(NCC(F)(F)F)NCC(C(C)N2Cc3c(ccnc3C)C2=O)=C1. The molecular formula is C18H21F3N4O. The summed E-state index contributed by atoms with van der Waals surface area (Å²) in [5.41, 5.74) is 4.09. The number of pyridine rings is 1. The molecular weight excluding hydrogens is 345 g/mol. The first kappa shape index (κ1) is 18.3. The van der Waals surface area contributed by atoms with Crippen LogP contribution >= 0.6 is 0 Å². The summed E-state index contributed by atoms with van der Waals surface area (Å²) in [4.78, 5) is 18.7. The van der Waals surface area contributed by atoms with Crippen molar-refractivity contribution in [1.29, 1.82) is 0 Å². The number of aromatic nitrogens is 1. The number of alkyl halides is 3. The maximum absolute atomic E-state index is 12.7. The summed E-state index contributed by atoms with van der Waals surface area (Å²) in [6.07, 6.45) is -0.791. The molecule has 1 atom stereocenters. The summed E-state index contributed by atoms with van der Waals surface area (Å²) in [5.74, 6) is 0.330. The number of aryl methyl sites for hydroxylation is 1. The van der Waals surface area contributed by atoms with Crippen LogP contribution in [0.4, 0.5) is 13.2 Å². The van der Waals surface area contributed by atoms with Gasteiger partial charge in [-0.2, -0.15) is 13.2 Å². The Hall–Kier alpha value is -2.51. The van der Waals surface area contributed by atoms with Crippen LogP contribution in [-0.4, -0.2) is 41.1 Å². The Morgan fingerprint density at radius 3 is 2.73 bits per heavy atom. The third-order valence-electron chi connectivity index (χ3n) is 4.83. The van der Waals surface area contributed by atoms with E-state index in [1.165, 1.54) is 0 Å². The zero-order valence-electron chi connectivity index (χ0n) is 14.9. The van der Waals surface area contributed by atoms with Crippen LogP contribution < -0.4 is 10.6 Å². The number of amides is 1. The number of carbonyl (C=O) groups excluding carboxylic acids is 1. The number of dihydropyridines is 1. The molecule has 1 amide bonds. The summed E-state index contributed by atoms with van der Waals surface area (Å²) in [7, 11) is 0. The molecule has 2 aliphatic heterocycles. The smallest absolute Gasteiger partial charge is 0.368 e. The van der Waals surface area contributed by atoms with Crippen molar-refractivity contribution >= 4 is 5.91 Å². The second kappa shape index (κ2) is 6.66. The minimum atomic E-state index is -4.27. The predicted octanol–water partition coefficient (Wildman–Crippen LogP) is 2.65. The lowest BCUT2D eigenvalue weighted by Gasteiger charge is -2.30. The maximum Gasteiger partial charge on any atom is 0.405 e. The lowest BCUT2D eigenvalue weighted by molar-refractivity contribution is -0.123. The van der Waals surface area contributed by atoms with Gasteiger partial charge in [-0.05, 0) is 38.0 Å². The van der Waals surface area contributed by atoms with E-state index in [0.717, 1.165) is 16.8 Å². The van der Waals surface area contributed by atoms with Gasteiger partial charge in [-0.3, -0.25) is 9.78 Å². The highest BCUT2D eigenvalue weighted by atomic mass is 19.4. The molecule has 0 saturated heterocycles. The van der Waals surface area contributed by atoms with Gasteiger partial charge >= 0.3 is 6.18 Å². The number of hydrogen-bond donors (Lipinski definition) is 2. The average molecular weight is 366 g/mol. The number of hydrogen-bond acceptors (Lipinski definition) is 4. The molecule has 2 aliphatic rings. The van der Waals surface area contributed by atoms with Crippen LogP contribution in [-0.2, 0) is 6.54 Å². The molecule has 140 valence electrons. The van der Waals surface area contributed by atoms with Crippen molar-refractivity contribution in [2.45, 2.75) is 39.5 Å². The molecule has 0 saturated carbocycles. The molecule has 0 radical (unpaired) electrons. The van der Waals surface area contributed by atoms with Gasteiger partial charge in [-0.15, -0.1) is 0 Å². The van der Waals surface area contributed by atoms with Gasteiger partial charge in [0.15, 0.2) is 0 Å². The van der Waals surface area contributed by atoms with Crippen LogP contribution in [0.15, 0.2) is 35.3 Å². The van der Waals surface area contributed by atoms with Gasteiger partial charge in [-0.1, -0.05) is 6.08 Å². The normalized spacial score (nSPS) is 18.5. The zero-order valence-corrected chi connectivity index (χ0v) is 14.9. The lowest BCUT2D eigenvalue weighted by Crippen LogP contribution is -2.42. The summed E-state index contributed by atoms with van der Waals surface area (Å²) < 4.78 is 37.1. The highest BCUT2D eigenvalue weighted by Gasteiger charge is 2.34. The summed E-state index contributed by atoms with van der Waals surface area (Å²) >= 11 is 0. The number of halogens is 3. The van der Waals surface area contributed by atoms with Crippen molar-refractivity contribution in [2.24, 2.45) is 0 Å². The highest BCUT2D eigenvalue weighted by molar-refractivity contribution is 5.98. The molecule has 2 N–H and O–H groups in total. The van der Waals surface area contributed by atoms with E-state index in [4.69, 9.17) is 0 Å². The molecule has 0 aromatic carbocycles. The molecule has 0 fully saturated rings. The summed E-state index contributed by atoms with van der Waals surface area (Å²) in [6, 6.07) is 1.57. The number of nitrogens with one attached hydrogen (secondary N) is 2. The number of nitrogens with zero attached hydrogens (tertiary/aromatic N) is 2. The molecule has 26 heavy (non-hydrogen) atoms. The highest BCUT2D eigenvalue weighted by Crippen LogP contribution is 2.29. The van der Waals surface area contributed by atoms with Gasteiger partial charge in [0.05, 0.1) is 6.04 Å². The fraction of sp³-hybridized carbons (Fsp3) is 0.444. The molecule has 0 aliphatic carbocycles. The number of rotatable bonds is 4. The second-order valence-electron chi connectivity index (χ2n) is 6.63. The Labute approximate surface area is 150 Å². The van der Waals surface area contributed by atoms with Crippen molar-refractivity contribution < 1.29 is 18.0 Å². The Morgan fingerprint density at radius 2 is 2.12 bits per heavy atom. The van der Waals surface area contributed by atoms with Crippen molar-refractivity contribution in [3.05, 3.63) is 52.1 Å². The van der Waals surface area contributed by atoms with E-state index in [9.17, 15) is 18.0 Å². The molecule has 0 bridgehead atoms. The van der Waals surface area contributed by atoms with Crippen molar-refractivity contribution in [1.82, 2.24) is 20.5 Å². The minimum absolute atomic E-state index is 0.0403. The largest absolute Gasteiger partial charge is 0.405 e. The van der Waals surface area contributed by atoms with Crippen LogP contribution in [0.5, 0.6) is 0 Å². The first-order chi connectivity index (χ1) is 12.2. The van der Waals surface area contributed by atoms with Crippen LogP contribution in [0.1, 0.15) is 35.5 Å². The monoisotopic (exact) mass is 366 g/mol. The Balaban J connectivity index is 1.75. The molecule has 1 aromatic heterocycles. The molecule has 1 unspecified atom stereocenters. The first-order valence-corrected chi connectivity index (χ1v) is 8.38. The first-order valence-electron chi connectivity index (χ1n) is 8.38. The van der Waals surface area contributed by atoms with Gasteiger partial charge in [0.1, 0.15) is 12.4 Å². The van der Waals surface area contributed by atoms with Crippen molar-refractivity contribution in [3.8, 4) is 0 Å². The van der Waals surface area contributed by atoms with E-state index < -0.39 is 12.7 Å². The quantitative estimate of drug-likeness (QED) is 0.860. The Morgan fingerprint density at radius 1 is 1.38 bits per heavy atom. The van der Waals surface area contributed by atoms with Gasteiger partial charge in [0, 0.05) is 36.1 Å². The van der Waals surface area contributed by atoms with E-state index >= 15 is 0 Å². The predicted molar refractivity (Wildman–Crippen MR) is 91.2 cm³/mol. The Kier molecular flexibility index (Phi) is 4.68. The van der Waals surface area contributed by atoms with Gasteiger partial charge in [-0.25, -0.2) is 0 Å². The standard InChI is InChI=1S/C18H21F3N4O/c1-10-6-13(7-23-16(10)24-9-18(19,20)21)12(3)25-8-15-11(2)22-5-4-14(15)17(25)26/h4-6,12,23-24H,7-9H2,1-3H3. The van der Waals surface area contributed by atoms with E-state index in [2.05, 4.69) is 15.6 Å². The van der Waals surface area contributed by atoms with Crippen molar-refractivity contribution in [3.63, 3.8) is 0 Å².